The first-order valence-corrected chi connectivity index (χ1v) is 20.8. The third-order valence-electron chi connectivity index (χ3n) is 16.7. The molecule has 10 N–H and O–H groups in total. The lowest BCUT2D eigenvalue weighted by Crippen LogP contribution is -2.69. The largest absolute Gasteiger partial charge is 0.481 e. The van der Waals surface area contributed by atoms with E-state index >= 15 is 0 Å². The fourth-order valence-electron chi connectivity index (χ4n) is 13.1. The zero-order valence-corrected chi connectivity index (χ0v) is 34.0. The number of aliphatic hydroxyl groups excluding tert-OH is 9. The quantitative estimate of drug-likeness (QED) is 0.152. The highest BCUT2D eigenvalue weighted by molar-refractivity contribution is 5.80. The lowest BCUT2D eigenvalue weighted by molar-refractivity contribution is -0.383. The number of hydrogen-bond donors (Lipinski definition) is 10. The maximum atomic E-state index is 13.0. The molecule has 0 aromatic heterocycles. The van der Waals surface area contributed by atoms with Gasteiger partial charge in [-0.15, -0.1) is 0 Å². The van der Waals surface area contributed by atoms with E-state index in [2.05, 4.69) is 46.8 Å². The summed E-state index contributed by atoms with van der Waals surface area (Å²) >= 11 is 0. The Kier molecular flexibility index (Phi) is 11.3. The van der Waals surface area contributed by atoms with E-state index in [0.717, 1.165) is 36.8 Å². The van der Waals surface area contributed by atoms with E-state index in [4.69, 9.17) is 18.9 Å². The van der Waals surface area contributed by atoms with Crippen molar-refractivity contribution in [2.45, 2.75) is 167 Å². The predicted octanol–water partition coefficient (Wildman–Crippen LogP) is 0.745. The van der Waals surface area contributed by atoms with Crippen LogP contribution in [0.2, 0.25) is 0 Å². The van der Waals surface area contributed by atoms with E-state index in [1.165, 1.54) is 0 Å². The summed E-state index contributed by atoms with van der Waals surface area (Å²) in [7, 11) is 0. The average molecular weight is 811 g/mol. The van der Waals surface area contributed by atoms with E-state index in [1.54, 1.807) is 0 Å². The Bertz CT molecular complexity index is 1600. The molecular formula is C42H66O15. The van der Waals surface area contributed by atoms with Crippen LogP contribution in [0, 0.1) is 44.3 Å². The van der Waals surface area contributed by atoms with Crippen LogP contribution in [-0.4, -0.2) is 150 Å². The van der Waals surface area contributed by atoms with Crippen LogP contribution >= 0.6 is 0 Å². The fraction of sp³-hybridized carbons (Fsp3) is 0.881. The first kappa shape index (κ1) is 43.5. The van der Waals surface area contributed by atoms with Crippen LogP contribution in [0.5, 0.6) is 0 Å². The first-order valence-electron chi connectivity index (χ1n) is 20.8. The van der Waals surface area contributed by atoms with Crippen LogP contribution in [0.15, 0.2) is 23.3 Å². The van der Waals surface area contributed by atoms with Gasteiger partial charge in [-0.05, 0) is 96.0 Å². The molecule has 2 aliphatic heterocycles. The molecule has 19 atom stereocenters. The number of rotatable bonds is 8. The number of ether oxygens (including phenoxy) is 4. The lowest BCUT2D eigenvalue weighted by atomic mass is 9.35. The molecule has 0 unspecified atom stereocenters. The molecule has 0 spiro atoms. The van der Waals surface area contributed by atoms with Crippen molar-refractivity contribution in [3.05, 3.63) is 23.3 Å². The van der Waals surface area contributed by atoms with Crippen molar-refractivity contribution in [1.29, 1.82) is 0 Å². The first-order chi connectivity index (χ1) is 26.6. The van der Waals surface area contributed by atoms with E-state index in [-0.39, 0.29) is 34.5 Å². The molecular weight excluding hydrogens is 744 g/mol. The van der Waals surface area contributed by atoms with Gasteiger partial charge in [-0.1, -0.05) is 53.7 Å². The Hall–Kier alpha value is -1.57. The minimum atomic E-state index is -1.85. The van der Waals surface area contributed by atoms with E-state index in [9.17, 15) is 55.9 Å². The Morgan fingerprint density at radius 1 is 0.772 bits per heavy atom. The second-order valence-corrected chi connectivity index (χ2v) is 20.3. The molecule has 0 aromatic carbocycles. The Labute approximate surface area is 334 Å². The summed E-state index contributed by atoms with van der Waals surface area (Å²) in [5, 5.41) is 108. The van der Waals surface area contributed by atoms with Crippen LogP contribution in [0.25, 0.3) is 0 Å². The van der Waals surface area contributed by atoms with E-state index in [0.29, 0.717) is 19.3 Å². The summed E-state index contributed by atoms with van der Waals surface area (Å²) in [6, 6.07) is 0. The van der Waals surface area contributed by atoms with Gasteiger partial charge in [-0.25, -0.2) is 0 Å². The standard InChI is InChI=1S/C42H66O15/c1-37(2)11-13-42(36(52)53)14-12-40(5)20(21(42)15-37)7-8-26-38(3)16-22(46)33(39(4,19-45)25(38)9-10-41(26,40)6)57-35-32(30(50)28(48)24(18-44)55-35)56-34-31(51)29(49)27(47)23(17-43)54-34/h7-8,22-35,43-51H,9-19H2,1-6H3,(H,52,53)/t22-,23+,24+,25+,26+,27+,28+,29-,30-,31+,32+,33-,34-,35-,38-,39-,40+,41+,42-/m0/s1. The van der Waals surface area contributed by atoms with Gasteiger partial charge in [-0.3, -0.25) is 4.79 Å². The Morgan fingerprint density at radius 2 is 1.39 bits per heavy atom. The minimum Gasteiger partial charge on any atom is -0.481 e. The van der Waals surface area contributed by atoms with Gasteiger partial charge >= 0.3 is 5.97 Å². The Balaban J connectivity index is 1.22. The van der Waals surface area contributed by atoms with Gasteiger partial charge in [0.15, 0.2) is 12.6 Å². The molecule has 0 bridgehead atoms. The van der Waals surface area contributed by atoms with Crippen LogP contribution < -0.4 is 0 Å². The molecule has 2 saturated heterocycles. The summed E-state index contributed by atoms with van der Waals surface area (Å²) in [6.45, 7) is 11.2. The molecule has 15 heteroatoms. The summed E-state index contributed by atoms with van der Waals surface area (Å²) in [5.74, 6) is -1.01. The molecule has 2 heterocycles. The number of aliphatic hydroxyl groups is 9. The molecule has 5 fully saturated rings. The van der Waals surface area contributed by atoms with Crippen molar-refractivity contribution in [3.8, 4) is 0 Å². The number of carbonyl (C=O) groups is 1. The number of carboxylic acids is 1. The van der Waals surface area contributed by atoms with Crippen molar-refractivity contribution < 1.29 is 74.8 Å². The smallest absolute Gasteiger partial charge is 0.313 e. The minimum absolute atomic E-state index is 0.0214. The highest BCUT2D eigenvalue weighted by Gasteiger charge is 2.70. The van der Waals surface area contributed by atoms with Gasteiger partial charge in [-0.2, -0.15) is 0 Å². The van der Waals surface area contributed by atoms with Crippen molar-refractivity contribution in [3.63, 3.8) is 0 Å². The van der Waals surface area contributed by atoms with Crippen LogP contribution in [0.4, 0.5) is 0 Å². The SMILES string of the molecule is CC1(C)CC[C@]2(C(=O)O)CC[C@]3(C)C(=C2C1)C=C[C@@H]1[C@@]2(C)C[C@H](O)[C@H](O[C@@H]4O[C@H](CO)[C@@H](O)[C@H](O)[C@H]4O[C@@H]4O[C@H](CO)[C@@H](O)[C@H](O)[C@H]4O)[C@@](C)(CO)[C@@H]2CC[C@]13C. The van der Waals surface area contributed by atoms with Crippen molar-refractivity contribution >= 4 is 5.97 Å². The van der Waals surface area contributed by atoms with Gasteiger partial charge in [0.25, 0.3) is 0 Å². The highest BCUT2D eigenvalue weighted by atomic mass is 16.8. The number of carboxylic acid groups (broad SMARTS) is 1. The fourth-order valence-corrected chi connectivity index (χ4v) is 13.1. The van der Waals surface area contributed by atoms with Crippen molar-refractivity contribution in [1.82, 2.24) is 0 Å². The normalized spacial score (nSPS) is 53.3. The van der Waals surface area contributed by atoms with Crippen LogP contribution in [-0.2, 0) is 23.7 Å². The third-order valence-corrected chi connectivity index (χ3v) is 16.7. The molecule has 5 aliphatic carbocycles. The number of aliphatic carboxylic acids is 1. The highest BCUT2D eigenvalue weighted by Crippen LogP contribution is 2.74. The zero-order chi connectivity index (χ0) is 41.8. The molecule has 0 amide bonds. The second kappa shape index (κ2) is 14.8. The number of fused-ring (bicyclic) bond motifs is 6. The van der Waals surface area contributed by atoms with Crippen molar-refractivity contribution in [2.75, 3.05) is 19.8 Å². The molecule has 15 nitrogen and oxygen atoms in total. The van der Waals surface area contributed by atoms with Crippen molar-refractivity contribution in [2.24, 2.45) is 44.3 Å². The number of allylic oxidation sites excluding steroid dienone is 3. The maximum Gasteiger partial charge on any atom is 0.313 e. The maximum absolute atomic E-state index is 13.0. The van der Waals surface area contributed by atoms with Gasteiger partial charge in [0.2, 0.25) is 0 Å². The summed E-state index contributed by atoms with van der Waals surface area (Å²) in [5.41, 5.74) is -1.000. The molecule has 0 radical (unpaired) electrons. The average Bonchev–Trinajstić information content (AvgIpc) is 3.15. The van der Waals surface area contributed by atoms with Gasteiger partial charge in [0.1, 0.15) is 48.8 Å². The lowest BCUT2D eigenvalue weighted by Gasteiger charge is -2.70. The van der Waals surface area contributed by atoms with Gasteiger partial charge in [0, 0.05) is 5.41 Å². The van der Waals surface area contributed by atoms with E-state index in [1.807, 2.05) is 6.92 Å². The summed E-state index contributed by atoms with van der Waals surface area (Å²) in [6.07, 6.45) is -9.17. The second-order valence-electron chi connectivity index (χ2n) is 20.3. The predicted molar refractivity (Wildman–Crippen MR) is 201 cm³/mol. The molecule has 324 valence electrons. The van der Waals surface area contributed by atoms with Gasteiger partial charge in [0.05, 0.1) is 37.4 Å². The topological polar surface area (TPSA) is 256 Å². The molecule has 0 aromatic rings. The summed E-state index contributed by atoms with van der Waals surface area (Å²) in [4.78, 5) is 13.0. The molecule has 57 heavy (non-hydrogen) atoms. The zero-order valence-electron chi connectivity index (χ0n) is 34.0. The summed E-state index contributed by atoms with van der Waals surface area (Å²) < 4.78 is 23.9. The number of hydrogen-bond acceptors (Lipinski definition) is 14. The third kappa shape index (κ3) is 6.36. The van der Waals surface area contributed by atoms with E-state index < -0.39 is 116 Å². The molecule has 7 rings (SSSR count). The van der Waals surface area contributed by atoms with Crippen LogP contribution in [0.3, 0.4) is 0 Å². The Morgan fingerprint density at radius 3 is 2.00 bits per heavy atom. The molecule has 7 aliphatic rings. The molecule has 3 saturated carbocycles. The monoisotopic (exact) mass is 810 g/mol. The van der Waals surface area contributed by atoms with Gasteiger partial charge < -0.3 is 70.0 Å². The van der Waals surface area contributed by atoms with Crippen LogP contribution in [0.1, 0.15) is 92.9 Å².